The maximum atomic E-state index is 12.1. The smallest absolute Gasteiger partial charge is 0.241 e. The molecular weight excluding hydrogens is 394 g/mol. The fraction of sp³-hybridized carbons (Fsp3) is 0.0588. The molecule has 0 unspecified atom stereocenters. The van der Waals surface area contributed by atoms with Crippen molar-refractivity contribution in [2.24, 2.45) is 0 Å². The van der Waals surface area contributed by atoms with Crippen LogP contribution in [0.15, 0.2) is 64.9 Å². The van der Waals surface area contributed by atoms with Crippen LogP contribution in [-0.4, -0.2) is 25.9 Å². The Balaban J connectivity index is 1.59. The Bertz CT molecular complexity index is 1000. The molecule has 26 heavy (non-hydrogen) atoms. The minimum atomic E-state index is -3.79. The predicted molar refractivity (Wildman–Crippen MR) is 103 cm³/mol. The minimum absolute atomic E-state index is 0.0373. The van der Waals surface area contributed by atoms with E-state index in [9.17, 15) is 13.2 Å². The molecule has 0 fully saturated rings. The number of carbonyl (C=O) groups is 1. The number of amides is 1. The largest absolute Gasteiger partial charge is 0.301 e. The van der Waals surface area contributed by atoms with Gasteiger partial charge in [-0.2, -0.15) is 0 Å². The molecule has 0 aliphatic heterocycles. The Kier molecular flexibility index (Phi) is 5.67. The normalized spacial score (nSPS) is 11.3. The van der Waals surface area contributed by atoms with Crippen LogP contribution in [0.1, 0.15) is 0 Å². The highest BCUT2D eigenvalue weighted by Crippen LogP contribution is 2.24. The summed E-state index contributed by atoms with van der Waals surface area (Å²) in [6, 6.07) is 15.2. The van der Waals surface area contributed by atoms with E-state index in [1.54, 1.807) is 0 Å². The van der Waals surface area contributed by atoms with Gasteiger partial charge in [0.15, 0.2) is 5.13 Å². The van der Waals surface area contributed by atoms with Crippen molar-refractivity contribution >= 4 is 44.0 Å². The molecule has 0 radical (unpaired) electrons. The van der Waals surface area contributed by atoms with E-state index in [4.69, 9.17) is 11.6 Å². The summed E-state index contributed by atoms with van der Waals surface area (Å²) in [5.74, 6) is -0.503. The number of nitrogens with zero attached hydrogens (tertiary/aromatic N) is 1. The molecule has 1 heterocycles. The summed E-state index contributed by atoms with van der Waals surface area (Å²) in [5.41, 5.74) is 1.68. The molecule has 0 saturated carbocycles. The molecule has 0 atom stereocenters. The molecular formula is C17H14ClN3O3S2. The Hall–Kier alpha value is -2.26. The first-order chi connectivity index (χ1) is 12.4. The molecule has 134 valence electrons. The first kappa shape index (κ1) is 18.5. The summed E-state index contributed by atoms with van der Waals surface area (Å²) in [6.45, 7) is -0.398. The summed E-state index contributed by atoms with van der Waals surface area (Å²) in [4.78, 5) is 16.4. The molecule has 3 aromatic rings. The lowest BCUT2D eigenvalue weighted by Crippen LogP contribution is -2.32. The van der Waals surface area contributed by atoms with Gasteiger partial charge in [0.25, 0.3) is 0 Å². The SMILES string of the molecule is O=C(CNS(=O)(=O)c1ccc(Cl)cc1)Nc1nc(-c2ccccc2)cs1. The van der Waals surface area contributed by atoms with E-state index in [-0.39, 0.29) is 4.90 Å². The molecule has 1 amide bonds. The number of anilines is 1. The van der Waals surface area contributed by atoms with Gasteiger partial charge in [0, 0.05) is 16.0 Å². The second-order valence-corrected chi connectivity index (χ2v) is 8.29. The van der Waals surface area contributed by atoms with E-state index in [0.717, 1.165) is 11.3 Å². The van der Waals surface area contributed by atoms with Crippen molar-refractivity contribution in [3.8, 4) is 11.3 Å². The van der Waals surface area contributed by atoms with Crippen LogP contribution in [-0.2, 0) is 14.8 Å². The number of thiazole rings is 1. The van der Waals surface area contributed by atoms with Gasteiger partial charge >= 0.3 is 0 Å². The molecule has 2 aromatic carbocycles. The quantitative estimate of drug-likeness (QED) is 0.655. The molecule has 9 heteroatoms. The number of nitrogens with one attached hydrogen (secondary N) is 2. The number of carbonyl (C=O) groups excluding carboxylic acids is 1. The lowest BCUT2D eigenvalue weighted by molar-refractivity contribution is -0.115. The summed E-state index contributed by atoms with van der Waals surface area (Å²) < 4.78 is 26.5. The average molecular weight is 408 g/mol. The van der Waals surface area contributed by atoms with Crippen molar-refractivity contribution in [2.45, 2.75) is 4.90 Å². The van der Waals surface area contributed by atoms with E-state index >= 15 is 0 Å². The fourth-order valence-corrected chi connectivity index (χ4v) is 3.94. The summed E-state index contributed by atoms with van der Waals surface area (Å²) in [7, 11) is -3.79. The summed E-state index contributed by atoms with van der Waals surface area (Å²) in [6.07, 6.45) is 0. The van der Waals surface area contributed by atoms with E-state index in [0.29, 0.717) is 10.2 Å². The van der Waals surface area contributed by atoms with E-state index < -0.39 is 22.5 Å². The molecule has 3 rings (SSSR count). The number of aromatic nitrogens is 1. The average Bonchev–Trinajstić information content (AvgIpc) is 3.10. The summed E-state index contributed by atoms with van der Waals surface area (Å²) in [5, 5.41) is 5.24. The van der Waals surface area contributed by atoms with Gasteiger partial charge in [-0.3, -0.25) is 4.79 Å². The van der Waals surface area contributed by atoms with Crippen LogP contribution in [0.3, 0.4) is 0 Å². The zero-order chi connectivity index (χ0) is 18.6. The maximum Gasteiger partial charge on any atom is 0.241 e. The minimum Gasteiger partial charge on any atom is -0.301 e. The van der Waals surface area contributed by atoms with Gasteiger partial charge in [-0.15, -0.1) is 11.3 Å². The maximum absolute atomic E-state index is 12.1. The third kappa shape index (κ3) is 4.67. The van der Waals surface area contributed by atoms with Gasteiger partial charge in [-0.25, -0.2) is 18.1 Å². The van der Waals surface area contributed by atoms with Gasteiger partial charge < -0.3 is 5.32 Å². The third-order valence-corrected chi connectivity index (χ3v) is 5.79. The highest BCUT2D eigenvalue weighted by Gasteiger charge is 2.16. The van der Waals surface area contributed by atoms with Crippen LogP contribution in [0.4, 0.5) is 5.13 Å². The van der Waals surface area contributed by atoms with Crippen molar-refractivity contribution in [1.82, 2.24) is 9.71 Å². The zero-order valence-electron chi connectivity index (χ0n) is 13.3. The van der Waals surface area contributed by atoms with E-state index in [1.165, 1.54) is 35.6 Å². The highest BCUT2D eigenvalue weighted by atomic mass is 35.5. The first-order valence-corrected chi connectivity index (χ1v) is 10.2. The molecule has 0 saturated heterocycles. The van der Waals surface area contributed by atoms with Gasteiger partial charge in [0.05, 0.1) is 17.1 Å². The van der Waals surface area contributed by atoms with Crippen LogP contribution in [0, 0.1) is 0 Å². The van der Waals surface area contributed by atoms with E-state index in [2.05, 4.69) is 15.0 Å². The van der Waals surface area contributed by atoms with Crippen molar-refractivity contribution in [3.05, 3.63) is 65.0 Å². The topological polar surface area (TPSA) is 88.2 Å². The van der Waals surface area contributed by atoms with Crippen LogP contribution in [0.2, 0.25) is 5.02 Å². The molecule has 0 aliphatic carbocycles. The Morgan fingerprint density at radius 2 is 1.77 bits per heavy atom. The second kappa shape index (κ2) is 7.96. The fourth-order valence-electron chi connectivity index (χ4n) is 2.09. The third-order valence-electron chi connectivity index (χ3n) is 3.37. The Labute approximate surface area is 159 Å². The van der Waals surface area contributed by atoms with Gasteiger partial charge in [-0.05, 0) is 24.3 Å². The van der Waals surface area contributed by atoms with Crippen molar-refractivity contribution < 1.29 is 13.2 Å². The number of sulfonamides is 1. The lowest BCUT2D eigenvalue weighted by atomic mass is 10.2. The molecule has 0 aliphatic rings. The molecule has 6 nitrogen and oxygen atoms in total. The van der Waals surface area contributed by atoms with Crippen molar-refractivity contribution in [3.63, 3.8) is 0 Å². The Morgan fingerprint density at radius 1 is 1.08 bits per heavy atom. The van der Waals surface area contributed by atoms with Gasteiger partial charge in [-0.1, -0.05) is 41.9 Å². The first-order valence-electron chi connectivity index (χ1n) is 7.50. The van der Waals surface area contributed by atoms with E-state index in [1.807, 2.05) is 35.7 Å². The highest BCUT2D eigenvalue weighted by molar-refractivity contribution is 7.89. The Morgan fingerprint density at radius 3 is 2.46 bits per heavy atom. The monoisotopic (exact) mass is 407 g/mol. The molecule has 0 bridgehead atoms. The van der Waals surface area contributed by atoms with Crippen molar-refractivity contribution in [1.29, 1.82) is 0 Å². The molecule has 2 N–H and O–H groups in total. The van der Waals surface area contributed by atoms with Crippen LogP contribution in [0.5, 0.6) is 0 Å². The standard InChI is InChI=1S/C17H14ClN3O3S2/c18-13-6-8-14(9-7-13)26(23,24)19-10-16(22)21-17-20-15(11-25-17)12-4-2-1-3-5-12/h1-9,11,19H,10H2,(H,20,21,22). The van der Waals surface area contributed by atoms with Crippen molar-refractivity contribution in [2.75, 3.05) is 11.9 Å². The second-order valence-electron chi connectivity index (χ2n) is 5.23. The number of hydrogen-bond acceptors (Lipinski definition) is 5. The lowest BCUT2D eigenvalue weighted by Gasteiger charge is -2.06. The predicted octanol–water partition coefficient (Wildman–Crippen LogP) is 3.38. The van der Waals surface area contributed by atoms with Gasteiger partial charge in [0.1, 0.15) is 0 Å². The number of halogens is 1. The summed E-state index contributed by atoms with van der Waals surface area (Å²) >= 11 is 7.01. The number of rotatable bonds is 6. The number of benzene rings is 2. The van der Waals surface area contributed by atoms with Crippen LogP contribution in [0.25, 0.3) is 11.3 Å². The van der Waals surface area contributed by atoms with Gasteiger partial charge in [0.2, 0.25) is 15.9 Å². The molecule has 0 spiro atoms. The number of hydrogen-bond donors (Lipinski definition) is 2. The molecule has 1 aromatic heterocycles. The van der Waals surface area contributed by atoms with Crippen LogP contribution < -0.4 is 10.0 Å². The zero-order valence-corrected chi connectivity index (χ0v) is 15.7. The van der Waals surface area contributed by atoms with Crippen LogP contribution >= 0.6 is 22.9 Å².